The van der Waals surface area contributed by atoms with Crippen LogP contribution >= 0.6 is 0 Å². The molecule has 2 aromatic carbocycles. The number of anilines is 2. The molecule has 1 N–H and O–H groups in total. The van der Waals surface area contributed by atoms with E-state index in [1.54, 1.807) is 37.3 Å². The van der Waals surface area contributed by atoms with E-state index in [-0.39, 0.29) is 47.5 Å². The van der Waals surface area contributed by atoms with Crippen LogP contribution in [0.2, 0.25) is 0 Å². The van der Waals surface area contributed by atoms with Gasteiger partial charge in [-0.1, -0.05) is 12.5 Å². The average Bonchev–Trinajstić information content (AvgIpc) is 2.84. The Morgan fingerprint density at radius 1 is 0.944 bits per heavy atom. The standard InChI is InChI=1S/C27H32FN3O4S/c1-18-7-8-22(17-24(18)28)29-26(32)19-11-14-30(15-12-19)36(34,35)23-9-10-25-21(16-23)6-3-13-31(25)27(33)20-4-2-5-20/h7-10,16-17,19-20H,2-6,11-15H2,1H3,(H,29,32). The summed E-state index contributed by atoms with van der Waals surface area (Å²) in [5, 5.41) is 2.75. The molecule has 9 heteroatoms. The Kier molecular flexibility index (Phi) is 6.87. The lowest BCUT2D eigenvalue weighted by atomic mass is 9.83. The molecule has 3 aliphatic rings. The molecule has 1 aliphatic carbocycles. The zero-order valence-corrected chi connectivity index (χ0v) is 21.3. The van der Waals surface area contributed by atoms with E-state index in [1.807, 2.05) is 4.90 Å². The number of benzene rings is 2. The maximum Gasteiger partial charge on any atom is 0.243 e. The van der Waals surface area contributed by atoms with Crippen molar-refractivity contribution in [2.75, 3.05) is 29.9 Å². The highest BCUT2D eigenvalue weighted by Crippen LogP contribution is 2.35. The van der Waals surface area contributed by atoms with Crippen LogP contribution in [0.15, 0.2) is 41.3 Å². The topological polar surface area (TPSA) is 86.8 Å². The van der Waals surface area contributed by atoms with Gasteiger partial charge < -0.3 is 10.2 Å². The summed E-state index contributed by atoms with van der Waals surface area (Å²) in [4.78, 5) is 27.6. The number of aryl methyl sites for hydroxylation is 2. The van der Waals surface area contributed by atoms with Gasteiger partial charge in [-0.05, 0) is 86.9 Å². The van der Waals surface area contributed by atoms with Crippen LogP contribution in [0.1, 0.15) is 49.7 Å². The number of sulfonamides is 1. The molecule has 1 saturated carbocycles. The summed E-state index contributed by atoms with van der Waals surface area (Å²) >= 11 is 0. The number of piperidine rings is 1. The Hall–Kier alpha value is -2.78. The number of nitrogens with one attached hydrogen (secondary N) is 1. The molecule has 0 unspecified atom stereocenters. The lowest BCUT2D eigenvalue weighted by Gasteiger charge is -2.35. The molecule has 0 aromatic heterocycles. The minimum atomic E-state index is -3.71. The monoisotopic (exact) mass is 513 g/mol. The molecule has 0 bridgehead atoms. The predicted octanol–water partition coefficient (Wildman–Crippen LogP) is 4.25. The second kappa shape index (κ2) is 9.94. The van der Waals surface area contributed by atoms with Crippen LogP contribution in [0.4, 0.5) is 15.8 Å². The van der Waals surface area contributed by atoms with Crippen LogP contribution < -0.4 is 10.2 Å². The molecule has 5 rings (SSSR count). The van der Waals surface area contributed by atoms with Crippen molar-refractivity contribution in [3.05, 3.63) is 53.3 Å². The van der Waals surface area contributed by atoms with Crippen LogP contribution in [0, 0.1) is 24.6 Å². The van der Waals surface area contributed by atoms with E-state index in [1.165, 1.54) is 10.4 Å². The van der Waals surface area contributed by atoms with Gasteiger partial charge in [-0.2, -0.15) is 4.31 Å². The summed E-state index contributed by atoms with van der Waals surface area (Å²) in [7, 11) is -3.71. The van der Waals surface area contributed by atoms with Gasteiger partial charge >= 0.3 is 0 Å². The van der Waals surface area contributed by atoms with Gasteiger partial charge in [-0.3, -0.25) is 9.59 Å². The van der Waals surface area contributed by atoms with Crippen molar-refractivity contribution in [3.63, 3.8) is 0 Å². The number of nitrogens with zero attached hydrogens (tertiary/aromatic N) is 2. The molecule has 7 nitrogen and oxygen atoms in total. The maximum atomic E-state index is 13.8. The molecule has 2 fully saturated rings. The highest BCUT2D eigenvalue weighted by Gasteiger charge is 2.35. The molecule has 2 amide bonds. The molecular formula is C27H32FN3O4S. The molecule has 2 aliphatic heterocycles. The Morgan fingerprint density at radius 2 is 1.69 bits per heavy atom. The zero-order chi connectivity index (χ0) is 25.4. The summed E-state index contributed by atoms with van der Waals surface area (Å²) in [5.74, 6) is -0.681. The Bertz CT molecular complexity index is 1280. The summed E-state index contributed by atoms with van der Waals surface area (Å²) in [6, 6.07) is 9.66. The maximum absolute atomic E-state index is 13.8. The van der Waals surface area contributed by atoms with Crippen LogP contribution in [-0.2, 0) is 26.0 Å². The van der Waals surface area contributed by atoms with Crippen LogP contribution in [0.5, 0.6) is 0 Å². The quantitative estimate of drug-likeness (QED) is 0.648. The van der Waals surface area contributed by atoms with Gasteiger partial charge in [-0.25, -0.2) is 12.8 Å². The summed E-state index contributed by atoms with van der Waals surface area (Å²) in [5.41, 5.74) is 2.64. The molecule has 0 spiro atoms. The first-order chi connectivity index (χ1) is 17.2. The van der Waals surface area contributed by atoms with Crippen LogP contribution in [0.3, 0.4) is 0 Å². The number of rotatable bonds is 5. The highest BCUT2D eigenvalue weighted by atomic mass is 32.2. The van der Waals surface area contributed by atoms with E-state index in [9.17, 15) is 22.4 Å². The minimum Gasteiger partial charge on any atom is -0.326 e. The fourth-order valence-electron chi connectivity index (χ4n) is 5.26. The lowest BCUT2D eigenvalue weighted by molar-refractivity contribution is -0.124. The minimum absolute atomic E-state index is 0.0999. The first kappa shape index (κ1) is 24.9. The average molecular weight is 514 g/mol. The number of carbonyl (C=O) groups is 2. The van der Waals surface area contributed by atoms with E-state index in [0.29, 0.717) is 30.6 Å². The van der Waals surface area contributed by atoms with Gasteiger partial charge in [0, 0.05) is 42.8 Å². The van der Waals surface area contributed by atoms with Gasteiger partial charge in [0.2, 0.25) is 21.8 Å². The molecule has 36 heavy (non-hydrogen) atoms. The number of amides is 2. The van der Waals surface area contributed by atoms with Gasteiger partial charge in [0.25, 0.3) is 0 Å². The summed E-state index contributed by atoms with van der Waals surface area (Å²) < 4.78 is 42.0. The Labute approximate surface area is 211 Å². The summed E-state index contributed by atoms with van der Waals surface area (Å²) in [6.45, 7) is 2.82. The largest absolute Gasteiger partial charge is 0.326 e. The molecule has 1 saturated heterocycles. The Balaban J connectivity index is 1.24. The van der Waals surface area contributed by atoms with E-state index in [0.717, 1.165) is 43.4 Å². The predicted molar refractivity (Wildman–Crippen MR) is 136 cm³/mol. The fraction of sp³-hybridized carbons (Fsp3) is 0.481. The van der Waals surface area contributed by atoms with Crippen molar-refractivity contribution < 1.29 is 22.4 Å². The number of hydrogen-bond donors (Lipinski definition) is 1. The summed E-state index contributed by atoms with van der Waals surface area (Å²) in [6.07, 6.45) is 5.33. The van der Waals surface area contributed by atoms with Gasteiger partial charge in [0.1, 0.15) is 5.82 Å². The van der Waals surface area contributed by atoms with Crippen molar-refractivity contribution in [1.29, 1.82) is 0 Å². The highest BCUT2D eigenvalue weighted by molar-refractivity contribution is 7.89. The van der Waals surface area contributed by atoms with E-state index >= 15 is 0 Å². The first-order valence-corrected chi connectivity index (χ1v) is 14.2. The Morgan fingerprint density at radius 3 is 2.36 bits per heavy atom. The number of hydrogen-bond acceptors (Lipinski definition) is 4. The van der Waals surface area contributed by atoms with E-state index in [4.69, 9.17) is 0 Å². The van der Waals surface area contributed by atoms with Crippen molar-refractivity contribution >= 4 is 33.2 Å². The van der Waals surface area contributed by atoms with Crippen LogP contribution in [0.25, 0.3) is 0 Å². The lowest BCUT2D eigenvalue weighted by Crippen LogP contribution is -2.42. The third-order valence-corrected chi connectivity index (χ3v) is 9.69. The molecule has 0 atom stereocenters. The number of halogens is 1. The van der Waals surface area contributed by atoms with E-state index < -0.39 is 10.0 Å². The smallest absolute Gasteiger partial charge is 0.243 e. The second-order valence-corrected chi connectivity index (χ2v) is 12.1. The van der Waals surface area contributed by atoms with E-state index in [2.05, 4.69) is 5.32 Å². The molecular weight excluding hydrogens is 481 g/mol. The van der Waals surface area contributed by atoms with Gasteiger partial charge in [0.15, 0.2) is 0 Å². The van der Waals surface area contributed by atoms with Crippen molar-refractivity contribution in [3.8, 4) is 0 Å². The molecule has 2 heterocycles. The van der Waals surface area contributed by atoms with Crippen LogP contribution in [-0.4, -0.2) is 44.2 Å². The zero-order valence-electron chi connectivity index (χ0n) is 20.5. The second-order valence-electron chi connectivity index (χ2n) is 10.1. The van der Waals surface area contributed by atoms with Gasteiger partial charge in [0.05, 0.1) is 4.90 Å². The van der Waals surface area contributed by atoms with Crippen molar-refractivity contribution in [2.24, 2.45) is 11.8 Å². The normalized spacial score (nSPS) is 19.4. The SMILES string of the molecule is Cc1ccc(NC(=O)C2CCN(S(=O)(=O)c3ccc4c(c3)CCCN4C(=O)C3CCC3)CC2)cc1F. The molecule has 0 radical (unpaired) electrons. The molecule has 192 valence electrons. The number of fused-ring (bicyclic) bond motifs is 1. The third kappa shape index (κ3) is 4.78. The first-order valence-electron chi connectivity index (χ1n) is 12.8. The third-order valence-electron chi connectivity index (χ3n) is 7.79. The van der Waals surface area contributed by atoms with Crippen molar-refractivity contribution in [2.45, 2.75) is 56.8 Å². The van der Waals surface area contributed by atoms with Gasteiger partial charge in [-0.15, -0.1) is 0 Å². The number of carbonyl (C=O) groups excluding carboxylic acids is 2. The van der Waals surface area contributed by atoms with Crippen molar-refractivity contribution in [1.82, 2.24) is 4.31 Å². The fourth-order valence-corrected chi connectivity index (χ4v) is 6.78. The molecule has 2 aromatic rings.